The first-order chi connectivity index (χ1) is 8.61. The molecule has 2 atom stereocenters. The Morgan fingerprint density at radius 1 is 1.33 bits per heavy atom. The zero-order chi connectivity index (χ0) is 13.4. The summed E-state index contributed by atoms with van der Waals surface area (Å²) in [6.07, 6.45) is -0.220. The van der Waals surface area contributed by atoms with E-state index in [9.17, 15) is 4.21 Å². The molecule has 1 aromatic carbocycles. The largest absolute Gasteiger partial charge is 0.494 e. The van der Waals surface area contributed by atoms with E-state index in [1.54, 1.807) is 0 Å². The molecule has 1 rings (SSSR count). The van der Waals surface area contributed by atoms with Gasteiger partial charge < -0.3 is 14.9 Å². The standard InChI is InChI=1S/C13H20O4S/c1-11-3-5-13(6-4-11)17-7-2-8-18(16)10-12(15)9-14/h3-6,12,14-15H,2,7-10H2,1H3. The van der Waals surface area contributed by atoms with Gasteiger partial charge in [0, 0.05) is 16.6 Å². The Balaban J connectivity index is 2.15. The summed E-state index contributed by atoms with van der Waals surface area (Å²) in [6.45, 7) is 2.18. The highest BCUT2D eigenvalue weighted by Crippen LogP contribution is 2.11. The monoisotopic (exact) mass is 272 g/mol. The van der Waals surface area contributed by atoms with E-state index in [-0.39, 0.29) is 12.4 Å². The highest BCUT2D eigenvalue weighted by molar-refractivity contribution is 7.85. The van der Waals surface area contributed by atoms with Crippen molar-refractivity contribution in [3.63, 3.8) is 0 Å². The number of rotatable bonds is 8. The lowest BCUT2D eigenvalue weighted by Crippen LogP contribution is -2.22. The number of benzene rings is 1. The van der Waals surface area contributed by atoms with Crippen LogP contribution in [0, 0.1) is 6.92 Å². The van der Waals surface area contributed by atoms with Gasteiger partial charge in [-0.15, -0.1) is 0 Å². The van der Waals surface area contributed by atoms with Crippen molar-refractivity contribution in [2.75, 3.05) is 24.7 Å². The van der Waals surface area contributed by atoms with Crippen molar-refractivity contribution >= 4 is 10.8 Å². The SMILES string of the molecule is Cc1ccc(OCCCS(=O)CC(O)CO)cc1. The second-order valence-corrected chi connectivity index (χ2v) is 5.78. The van der Waals surface area contributed by atoms with E-state index in [4.69, 9.17) is 14.9 Å². The van der Waals surface area contributed by atoms with Crippen molar-refractivity contribution in [3.8, 4) is 5.75 Å². The van der Waals surface area contributed by atoms with Crippen LogP contribution in [0.4, 0.5) is 0 Å². The molecular formula is C13H20O4S. The maximum atomic E-state index is 11.5. The van der Waals surface area contributed by atoms with Crippen molar-refractivity contribution in [3.05, 3.63) is 29.8 Å². The summed E-state index contributed by atoms with van der Waals surface area (Å²) >= 11 is 0. The third-order valence-corrected chi connectivity index (χ3v) is 3.90. The number of aryl methyl sites for hydroxylation is 1. The van der Waals surface area contributed by atoms with Crippen molar-refractivity contribution in [1.82, 2.24) is 0 Å². The van der Waals surface area contributed by atoms with Crippen LogP contribution in [0.2, 0.25) is 0 Å². The first kappa shape index (κ1) is 15.1. The summed E-state index contributed by atoms with van der Waals surface area (Å²) in [5.41, 5.74) is 1.18. The average molecular weight is 272 g/mol. The van der Waals surface area contributed by atoms with Gasteiger partial charge >= 0.3 is 0 Å². The van der Waals surface area contributed by atoms with Gasteiger partial charge in [-0.1, -0.05) is 17.7 Å². The number of aliphatic hydroxyl groups is 2. The minimum Gasteiger partial charge on any atom is -0.494 e. The van der Waals surface area contributed by atoms with E-state index < -0.39 is 16.9 Å². The van der Waals surface area contributed by atoms with Crippen LogP contribution < -0.4 is 4.74 Å². The summed E-state index contributed by atoms with van der Waals surface area (Å²) in [5, 5.41) is 17.7. The van der Waals surface area contributed by atoms with E-state index in [0.717, 1.165) is 5.75 Å². The Labute approximate surface area is 110 Å². The third kappa shape index (κ3) is 6.14. The number of hydrogen-bond donors (Lipinski definition) is 2. The summed E-state index contributed by atoms with van der Waals surface area (Å²) in [5.74, 6) is 1.41. The van der Waals surface area contributed by atoms with Gasteiger partial charge in [0.25, 0.3) is 0 Å². The van der Waals surface area contributed by atoms with Crippen LogP contribution in [-0.4, -0.2) is 45.2 Å². The molecule has 0 heterocycles. The van der Waals surface area contributed by atoms with Gasteiger partial charge in [-0.2, -0.15) is 0 Å². The Morgan fingerprint density at radius 2 is 2.00 bits per heavy atom. The summed E-state index contributed by atoms with van der Waals surface area (Å²) in [4.78, 5) is 0. The lowest BCUT2D eigenvalue weighted by atomic mass is 10.2. The summed E-state index contributed by atoms with van der Waals surface area (Å²) in [7, 11) is -1.10. The molecule has 0 saturated carbocycles. The highest BCUT2D eigenvalue weighted by Gasteiger charge is 2.07. The predicted molar refractivity (Wildman–Crippen MR) is 72.3 cm³/mol. The van der Waals surface area contributed by atoms with Gasteiger partial charge in [-0.3, -0.25) is 4.21 Å². The van der Waals surface area contributed by atoms with Gasteiger partial charge in [0.2, 0.25) is 0 Å². The lowest BCUT2D eigenvalue weighted by Gasteiger charge is -2.08. The molecule has 18 heavy (non-hydrogen) atoms. The molecule has 4 nitrogen and oxygen atoms in total. The Morgan fingerprint density at radius 3 is 2.61 bits per heavy atom. The maximum Gasteiger partial charge on any atom is 0.119 e. The molecule has 2 N–H and O–H groups in total. The molecule has 0 aliphatic rings. The van der Waals surface area contributed by atoms with Crippen LogP contribution in [0.3, 0.4) is 0 Å². The van der Waals surface area contributed by atoms with Gasteiger partial charge in [0.15, 0.2) is 0 Å². The molecule has 0 radical (unpaired) electrons. The molecule has 0 spiro atoms. The Hall–Kier alpha value is -0.910. The van der Waals surface area contributed by atoms with Crippen LogP contribution in [0.5, 0.6) is 5.75 Å². The van der Waals surface area contributed by atoms with E-state index >= 15 is 0 Å². The fourth-order valence-corrected chi connectivity index (χ4v) is 2.54. The summed E-state index contributed by atoms with van der Waals surface area (Å²) in [6, 6.07) is 7.76. The smallest absolute Gasteiger partial charge is 0.119 e. The third-order valence-electron chi connectivity index (χ3n) is 2.40. The minimum absolute atomic E-state index is 0.126. The average Bonchev–Trinajstić information content (AvgIpc) is 2.36. The van der Waals surface area contributed by atoms with Crippen molar-refractivity contribution in [2.45, 2.75) is 19.4 Å². The van der Waals surface area contributed by atoms with Crippen LogP contribution in [-0.2, 0) is 10.8 Å². The minimum atomic E-state index is -1.10. The molecule has 2 unspecified atom stereocenters. The highest BCUT2D eigenvalue weighted by atomic mass is 32.2. The van der Waals surface area contributed by atoms with E-state index in [2.05, 4.69) is 0 Å². The van der Waals surface area contributed by atoms with E-state index in [1.165, 1.54) is 5.56 Å². The Bertz CT molecular complexity index is 364. The van der Waals surface area contributed by atoms with E-state index in [1.807, 2.05) is 31.2 Å². The first-order valence-corrected chi connectivity index (χ1v) is 7.44. The fourth-order valence-electron chi connectivity index (χ4n) is 1.40. The quantitative estimate of drug-likeness (QED) is 0.689. The van der Waals surface area contributed by atoms with Gasteiger partial charge in [0.05, 0.1) is 25.1 Å². The Kier molecular flexibility index (Phi) is 6.93. The lowest BCUT2D eigenvalue weighted by molar-refractivity contribution is 0.113. The van der Waals surface area contributed by atoms with Crippen molar-refractivity contribution in [1.29, 1.82) is 0 Å². The maximum absolute atomic E-state index is 11.5. The van der Waals surface area contributed by atoms with Crippen molar-refractivity contribution < 1.29 is 19.2 Å². The molecule has 0 aliphatic carbocycles. The molecule has 1 aromatic rings. The van der Waals surface area contributed by atoms with Gasteiger partial charge in [-0.05, 0) is 25.5 Å². The second-order valence-electron chi connectivity index (χ2n) is 4.16. The molecule has 102 valence electrons. The number of aliphatic hydroxyl groups excluding tert-OH is 2. The van der Waals surface area contributed by atoms with Crippen LogP contribution in [0.15, 0.2) is 24.3 Å². The number of hydrogen-bond acceptors (Lipinski definition) is 4. The molecule has 0 aromatic heterocycles. The van der Waals surface area contributed by atoms with Crippen molar-refractivity contribution in [2.24, 2.45) is 0 Å². The van der Waals surface area contributed by atoms with Crippen LogP contribution >= 0.6 is 0 Å². The second kappa shape index (κ2) is 8.24. The van der Waals surface area contributed by atoms with Crippen LogP contribution in [0.1, 0.15) is 12.0 Å². The van der Waals surface area contributed by atoms with E-state index in [0.29, 0.717) is 18.8 Å². The van der Waals surface area contributed by atoms with Gasteiger partial charge in [-0.25, -0.2) is 0 Å². The molecule has 0 aliphatic heterocycles. The molecule has 0 bridgehead atoms. The molecular weight excluding hydrogens is 252 g/mol. The topological polar surface area (TPSA) is 66.8 Å². The molecule has 0 amide bonds. The van der Waals surface area contributed by atoms with Gasteiger partial charge in [0.1, 0.15) is 5.75 Å². The zero-order valence-corrected chi connectivity index (χ0v) is 11.4. The molecule has 0 saturated heterocycles. The van der Waals surface area contributed by atoms with Crippen LogP contribution in [0.25, 0.3) is 0 Å². The predicted octanol–water partition coefficient (Wildman–Crippen LogP) is 0.866. The summed E-state index contributed by atoms with van der Waals surface area (Å²) < 4.78 is 16.9. The first-order valence-electron chi connectivity index (χ1n) is 5.95. The zero-order valence-electron chi connectivity index (χ0n) is 10.5. The molecule has 0 fully saturated rings. The number of ether oxygens (including phenoxy) is 1. The normalized spacial score (nSPS) is 14.2. The fraction of sp³-hybridized carbons (Fsp3) is 0.538. The molecule has 5 heteroatoms.